The van der Waals surface area contributed by atoms with Gasteiger partial charge in [0.1, 0.15) is 0 Å². The SMILES string of the molecule is CCOc1c(OC)cccc1[C@H]1C(C(=O)OC)=C(C)NC2=C1C(=O)C[C@H](c1ccc(N(C)C)cc1)C2. The molecule has 0 radical (unpaired) electrons. The van der Waals surface area contributed by atoms with Crippen molar-refractivity contribution < 1.29 is 23.8 Å². The van der Waals surface area contributed by atoms with E-state index in [1.165, 1.54) is 7.11 Å². The predicted octanol–water partition coefficient (Wildman–Crippen LogP) is 4.69. The Bertz CT molecular complexity index is 1230. The maximum absolute atomic E-state index is 13.8. The highest BCUT2D eigenvalue weighted by Crippen LogP contribution is 2.49. The van der Waals surface area contributed by atoms with Gasteiger partial charge in [0.2, 0.25) is 0 Å². The normalized spacial score (nSPS) is 19.4. The van der Waals surface area contributed by atoms with Crippen LogP contribution in [0.3, 0.4) is 0 Å². The number of rotatable bonds is 7. The molecule has 7 heteroatoms. The molecular formula is C29H34N2O5. The minimum absolute atomic E-state index is 0.00890. The highest BCUT2D eigenvalue weighted by Gasteiger charge is 2.42. The molecule has 2 aromatic carbocycles. The molecular weight excluding hydrogens is 456 g/mol. The summed E-state index contributed by atoms with van der Waals surface area (Å²) in [7, 11) is 6.94. The van der Waals surface area contributed by atoms with Gasteiger partial charge < -0.3 is 24.4 Å². The van der Waals surface area contributed by atoms with Crippen molar-refractivity contribution in [1.29, 1.82) is 0 Å². The van der Waals surface area contributed by atoms with Gasteiger partial charge >= 0.3 is 5.97 Å². The van der Waals surface area contributed by atoms with Crippen LogP contribution in [0.15, 0.2) is 65.0 Å². The maximum Gasteiger partial charge on any atom is 0.336 e. The standard InChI is InChI=1S/C29H34N2O5/c1-7-36-28-21(9-8-10-24(28)34-5)26-25(29(33)35-6)17(2)30-22-15-19(16-23(32)27(22)26)18-11-13-20(14-12-18)31(3)4/h8-14,19,26,30H,7,15-16H2,1-6H3/t19-,26+/m1/s1. The van der Waals surface area contributed by atoms with Crippen LogP contribution in [-0.2, 0) is 14.3 Å². The molecule has 0 saturated carbocycles. The molecule has 0 saturated heterocycles. The Labute approximate surface area is 212 Å². The predicted molar refractivity (Wildman–Crippen MR) is 140 cm³/mol. The van der Waals surface area contributed by atoms with Gasteiger partial charge in [-0.2, -0.15) is 0 Å². The molecule has 0 spiro atoms. The van der Waals surface area contributed by atoms with Crippen LogP contribution in [0.4, 0.5) is 5.69 Å². The highest BCUT2D eigenvalue weighted by atomic mass is 16.5. The average Bonchev–Trinajstić information content (AvgIpc) is 2.87. The second kappa shape index (κ2) is 10.5. The van der Waals surface area contributed by atoms with Crippen LogP contribution >= 0.6 is 0 Å². The summed E-state index contributed by atoms with van der Waals surface area (Å²) in [6, 6.07) is 13.9. The monoisotopic (exact) mass is 490 g/mol. The van der Waals surface area contributed by atoms with E-state index in [1.54, 1.807) is 7.11 Å². The largest absolute Gasteiger partial charge is 0.493 e. The summed E-state index contributed by atoms with van der Waals surface area (Å²) in [6.07, 6.45) is 1.03. The molecule has 0 unspecified atom stereocenters. The molecule has 0 aromatic heterocycles. The lowest BCUT2D eigenvalue weighted by atomic mass is 9.71. The van der Waals surface area contributed by atoms with E-state index in [1.807, 2.05) is 46.1 Å². The van der Waals surface area contributed by atoms with Gasteiger partial charge in [0.25, 0.3) is 0 Å². The van der Waals surface area contributed by atoms with Crippen molar-refractivity contribution in [2.24, 2.45) is 0 Å². The highest BCUT2D eigenvalue weighted by molar-refractivity contribution is 6.04. The van der Waals surface area contributed by atoms with Crippen molar-refractivity contribution in [3.8, 4) is 11.5 Å². The van der Waals surface area contributed by atoms with E-state index in [9.17, 15) is 9.59 Å². The van der Waals surface area contributed by atoms with Crippen molar-refractivity contribution >= 4 is 17.4 Å². The lowest BCUT2D eigenvalue weighted by Gasteiger charge is -2.37. The van der Waals surface area contributed by atoms with E-state index >= 15 is 0 Å². The molecule has 0 fully saturated rings. The van der Waals surface area contributed by atoms with Crippen LogP contribution in [0.25, 0.3) is 0 Å². The fraction of sp³-hybridized carbons (Fsp3) is 0.379. The number of ether oxygens (including phenoxy) is 3. The molecule has 7 nitrogen and oxygen atoms in total. The van der Waals surface area contributed by atoms with Crippen molar-refractivity contribution in [2.45, 2.75) is 38.5 Å². The Morgan fingerprint density at radius 1 is 1.08 bits per heavy atom. The number of nitrogens with one attached hydrogen (secondary N) is 1. The van der Waals surface area contributed by atoms with Crippen molar-refractivity contribution in [2.75, 3.05) is 39.8 Å². The Morgan fingerprint density at radius 3 is 2.42 bits per heavy atom. The third kappa shape index (κ3) is 4.57. The number of carbonyl (C=O) groups is 2. The van der Waals surface area contributed by atoms with E-state index in [-0.39, 0.29) is 11.7 Å². The van der Waals surface area contributed by atoms with Gasteiger partial charge in [-0.15, -0.1) is 0 Å². The number of hydrogen-bond donors (Lipinski definition) is 1. The van der Waals surface area contributed by atoms with Gasteiger partial charge in [0.05, 0.1) is 32.3 Å². The summed E-state index contributed by atoms with van der Waals surface area (Å²) in [4.78, 5) is 28.9. The van der Waals surface area contributed by atoms with Crippen LogP contribution in [0.1, 0.15) is 49.7 Å². The Balaban J connectivity index is 1.83. The molecule has 190 valence electrons. The second-order valence-electron chi connectivity index (χ2n) is 9.31. The molecule has 2 aromatic rings. The summed E-state index contributed by atoms with van der Waals surface area (Å²) in [6.45, 7) is 4.16. The first-order valence-corrected chi connectivity index (χ1v) is 12.2. The topological polar surface area (TPSA) is 77.1 Å². The van der Waals surface area contributed by atoms with Crippen LogP contribution in [-0.4, -0.2) is 46.7 Å². The summed E-state index contributed by atoms with van der Waals surface area (Å²) < 4.78 is 16.7. The molecule has 2 aliphatic rings. The summed E-state index contributed by atoms with van der Waals surface area (Å²) in [5.74, 6) is 0.0500. The Kier molecular flexibility index (Phi) is 7.38. The summed E-state index contributed by atoms with van der Waals surface area (Å²) >= 11 is 0. The van der Waals surface area contributed by atoms with Gasteiger partial charge in [-0.3, -0.25) is 4.79 Å². The lowest BCUT2D eigenvalue weighted by molar-refractivity contribution is -0.136. The molecule has 1 aliphatic heterocycles. The van der Waals surface area contributed by atoms with Crippen molar-refractivity contribution in [3.05, 3.63) is 76.1 Å². The minimum atomic E-state index is -0.616. The number of methoxy groups -OCH3 is 2. The minimum Gasteiger partial charge on any atom is -0.493 e. The fourth-order valence-electron chi connectivity index (χ4n) is 5.23. The fourth-order valence-corrected chi connectivity index (χ4v) is 5.23. The number of benzene rings is 2. The van der Waals surface area contributed by atoms with Gasteiger partial charge in [0.15, 0.2) is 17.3 Å². The van der Waals surface area contributed by atoms with Gasteiger partial charge in [-0.05, 0) is 49.9 Å². The molecule has 36 heavy (non-hydrogen) atoms. The van der Waals surface area contributed by atoms with Gasteiger partial charge in [-0.25, -0.2) is 4.79 Å². The van der Waals surface area contributed by atoms with Gasteiger partial charge in [0, 0.05) is 48.7 Å². The first kappa shape index (κ1) is 25.4. The molecule has 4 rings (SSSR count). The smallest absolute Gasteiger partial charge is 0.336 e. The number of carbonyl (C=O) groups excluding carboxylic acids is 2. The maximum atomic E-state index is 13.8. The molecule has 1 N–H and O–H groups in total. The number of esters is 1. The summed E-state index contributed by atoms with van der Waals surface area (Å²) in [5, 5.41) is 3.38. The quantitative estimate of drug-likeness (QED) is 0.564. The molecule has 0 bridgehead atoms. The molecule has 1 aliphatic carbocycles. The number of hydrogen-bond acceptors (Lipinski definition) is 7. The van der Waals surface area contributed by atoms with Crippen molar-refractivity contribution in [3.63, 3.8) is 0 Å². The molecule has 2 atom stereocenters. The van der Waals surface area contributed by atoms with E-state index in [2.05, 4.69) is 34.5 Å². The number of Topliss-reactive ketones (excluding diaryl/α,β-unsaturated/α-hetero) is 1. The number of dihydropyridines is 1. The molecule has 0 amide bonds. The Morgan fingerprint density at radius 2 is 1.81 bits per heavy atom. The van der Waals surface area contributed by atoms with Crippen LogP contribution in [0.5, 0.6) is 11.5 Å². The van der Waals surface area contributed by atoms with Crippen LogP contribution in [0.2, 0.25) is 0 Å². The summed E-state index contributed by atoms with van der Waals surface area (Å²) in [5.41, 5.74) is 5.46. The third-order valence-corrected chi connectivity index (χ3v) is 6.94. The van der Waals surface area contributed by atoms with Gasteiger partial charge in [-0.1, -0.05) is 24.3 Å². The zero-order chi connectivity index (χ0) is 26.0. The zero-order valence-corrected chi connectivity index (χ0v) is 21.8. The first-order chi connectivity index (χ1) is 17.3. The van der Waals surface area contributed by atoms with E-state index in [0.29, 0.717) is 53.4 Å². The number of allylic oxidation sites excluding steroid dienone is 3. The lowest BCUT2D eigenvalue weighted by Crippen LogP contribution is -2.36. The number of ketones is 1. The van der Waals surface area contributed by atoms with Crippen molar-refractivity contribution in [1.82, 2.24) is 5.32 Å². The van der Waals surface area contributed by atoms with E-state index in [0.717, 1.165) is 16.9 Å². The van der Waals surface area contributed by atoms with Crippen LogP contribution in [0, 0.1) is 0 Å². The third-order valence-electron chi connectivity index (χ3n) is 6.94. The van der Waals surface area contributed by atoms with E-state index in [4.69, 9.17) is 14.2 Å². The number of anilines is 1. The zero-order valence-electron chi connectivity index (χ0n) is 21.8. The van der Waals surface area contributed by atoms with E-state index < -0.39 is 11.9 Å². The average molecular weight is 491 g/mol. The Hall–Kier alpha value is -3.74. The van der Waals surface area contributed by atoms with Crippen LogP contribution < -0.4 is 19.7 Å². The number of para-hydroxylation sites is 1. The first-order valence-electron chi connectivity index (χ1n) is 12.2. The second-order valence-corrected chi connectivity index (χ2v) is 9.31. The number of nitrogens with zero attached hydrogens (tertiary/aromatic N) is 1. The molecule has 1 heterocycles.